The molecule has 0 bridgehead atoms. The Balaban J connectivity index is 2.48. The maximum atomic E-state index is 11.5. The van der Waals surface area contributed by atoms with Crippen molar-refractivity contribution in [2.24, 2.45) is 0 Å². The first-order valence-electron chi connectivity index (χ1n) is 5.61. The van der Waals surface area contributed by atoms with E-state index in [0.29, 0.717) is 19.4 Å². The number of hydrogen-bond acceptors (Lipinski definition) is 5. The molecule has 0 aromatic heterocycles. The number of carbonyl (C=O) groups excluding carboxylic acids is 1. The molecule has 0 radical (unpaired) electrons. The fourth-order valence-corrected chi connectivity index (χ4v) is 3.49. The highest BCUT2D eigenvalue weighted by Gasteiger charge is 2.31. The van der Waals surface area contributed by atoms with Gasteiger partial charge in [-0.2, -0.15) is 0 Å². The first kappa shape index (κ1) is 13.4. The molecule has 1 aliphatic heterocycles. The zero-order chi connectivity index (χ0) is 12.2. The second-order valence-corrected chi connectivity index (χ2v) is 6.21. The summed E-state index contributed by atoms with van der Waals surface area (Å²) in [6, 6.07) is -0.502. The summed E-state index contributed by atoms with van der Waals surface area (Å²) >= 11 is 0. The van der Waals surface area contributed by atoms with Crippen LogP contribution in [0.1, 0.15) is 26.7 Å². The van der Waals surface area contributed by atoms with E-state index in [-0.39, 0.29) is 23.5 Å². The number of carbonyl (C=O) groups is 1. The predicted octanol–water partition coefficient (Wildman–Crippen LogP) is 0.105. The number of rotatable bonds is 5. The van der Waals surface area contributed by atoms with Gasteiger partial charge in [-0.1, -0.05) is 6.92 Å². The minimum absolute atomic E-state index is 0.112. The third-order valence-electron chi connectivity index (χ3n) is 2.65. The van der Waals surface area contributed by atoms with Crippen LogP contribution >= 0.6 is 0 Å². The first-order valence-corrected chi connectivity index (χ1v) is 7.43. The standard InChI is InChI=1S/C10H19NO4S/c1-3-9(10(12)15-4-2)11-8-5-6-16(13,14)7-8/h8-9,11H,3-7H2,1-2H3. The lowest BCUT2D eigenvalue weighted by atomic mass is 10.1. The van der Waals surface area contributed by atoms with Crippen LogP contribution in [-0.4, -0.2) is 44.6 Å². The Morgan fingerprint density at radius 3 is 2.62 bits per heavy atom. The van der Waals surface area contributed by atoms with Gasteiger partial charge < -0.3 is 10.1 Å². The molecule has 16 heavy (non-hydrogen) atoms. The average molecular weight is 249 g/mol. The smallest absolute Gasteiger partial charge is 0.323 e. The zero-order valence-corrected chi connectivity index (χ0v) is 10.5. The Hall–Kier alpha value is -0.620. The third-order valence-corrected chi connectivity index (χ3v) is 4.42. The topological polar surface area (TPSA) is 72.5 Å². The van der Waals surface area contributed by atoms with Crippen LogP contribution in [0, 0.1) is 0 Å². The molecule has 0 aromatic rings. The molecule has 6 heteroatoms. The number of ether oxygens (including phenoxy) is 1. The number of hydrogen-bond donors (Lipinski definition) is 1. The molecule has 0 saturated carbocycles. The highest BCUT2D eigenvalue weighted by atomic mass is 32.2. The van der Waals surface area contributed by atoms with Crippen LogP contribution in [-0.2, 0) is 19.4 Å². The fourth-order valence-electron chi connectivity index (χ4n) is 1.81. The Labute approximate surface area is 96.5 Å². The maximum Gasteiger partial charge on any atom is 0.323 e. The van der Waals surface area contributed by atoms with Gasteiger partial charge in [-0.15, -0.1) is 0 Å². The molecule has 1 heterocycles. The summed E-state index contributed by atoms with van der Waals surface area (Å²) in [7, 11) is -2.90. The van der Waals surface area contributed by atoms with E-state index in [2.05, 4.69) is 5.32 Å². The quantitative estimate of drug-likeness (QED) is 0.700. The molecule has 1 rings (SSSR count). The largest absolute Gasteiger partial charge is 0.465 e. The third kappa shape index (κ3) is 3.75. The Bertz CT molecular complexity index is 339. The number of sulfone groups is 1. The minimum Gasteiger partial charge on any atom is -0.465 e. The van der Waals surface area contributed by atoms with Crippen LogP contribution < -0.4 is 5.32 Å². The molecule has 1 aliphatic rings. The summed E-state index contributed by atoms with van der Waals surface area (Å²) in [4.78, 5) is 11.5. The molecule has 0 amide bonds. The SMILES string of the molecule is CCOC(=O)C(CC)NC1CCS(=O)(=O)C1. The van der Waals surface area contributed by atoms with Crippen molar-refractivity contribution >= 4 is 15.8 Å². The van der Waals surface area contributed by atoms with Crippen LogP contribution in [0.4, 0.5) is 0 Å². The van der Waals surface area contributed by atoms with Gasteiger partial charge in [0.15, 0.2) is 9.84 Å². The zero-order valence-electron chi connectivity index (χ0n) is 9.73. The summed E-state index contributed by atoms with van der Waals surface area (Å²) in [6.07, 6.45) is 1.19. The Morgan fingerprint density at radius 2 is 2.19 bits per heavy atom. The molecule has 0 aliphatic carbocycles. The van der Waals surface area contributed by atoms with E-state index in [1.54, 1.807) is 6.92 Å². The molecule has 2 atom stereocenters. The number of nitrogens with one attached hydrogen (secondary N) is 1. The van der Waals surface area contributed by atoms with E-state index in [9.17, 15) is 13.2 Å². The lowest BCUT2D eigenvalue weighted by Crippen LogP contribution is -2.44. The van der Waals surface area contributed by atoms with Crippen molar-refractivity contribution in [1.29, 1.82) is 0 Å². The van der Waals surface area contributed by atoms with Gasteiger partial charge >= 0.3 is 5.97 Å². The van der Waals surface area contributed by atoms with Gasteiger partial charge in [-0.05, 0) is 19.8 Å². The van der Waals surface area contributed by atoms with Crippen molar-refractivity contribution in [3.05, 3.63) is 0 Å². The predicted molar refractivity (Wildman–Crippen MR) is 60.9 cm³/mol. The van der Waals surface area contributed by atoms with Gasteiger partial charge in [-0.25, -0.2) is 8.42 Å². The lowest BCUT2D eigenvalue weighted by Gasteiger charge is -2.19. The molecule has 1 N–H and O–H groups in total. The van der Waals surface area contributed by atoms with E-state index < -0.39 is 15.9 Å². The van der Waals surface area contributed by atoms with Crippen molar-refractivity contribution in [3.63, 3.8) is 0 Å². The summed E-state index contributed by atoms with van der Waals surface area (Å²) < 4.78 is 27.4. The summed E-state index contributed by atoms with van der Waals surface area (Å²) in [5.41, 5.74) is 0. The minimum atomic E-state index is -2.90. The van der Waals surface area contributed by atoms with E-state index in [1.807, 2.05) is 6.92 Å². The first-order chi connectivity index (χ1) is 7.48. The average Bonchev–Trinajstić information content (AvgIpc) is 2.55. The van der Waals surface area contributed by atoms with Gasteiger partial charge in [0.1, 0.15) is 6.04 Å². The molecular formula is C10H19NO4S. The van der Waals surface area contributed by atoms with Crippen LogP contribution in [0.15, 0.2) is 0 Å². The highest BCUT2D eigenvalue weighted by molar-refractivity contribution is 7.91. The van der Waals surface area contributed by atoms with Crippen molar-refractivity contribution in [3.8, 4) is 0 Å². The van der Waals surface area contributed by atoms with Crippen LogP contribution in [0.25, 0.3) is 0 Å². The van der Waals surface area contributed by atoms with Crippen molar-refractivity contribution < 1.29 is 17.9 Å². The molecule has 94 valence electrons. The van der Waals surface area contributed by atoms with Gasteiger partial charge in [0.2, 0.25) is 0 Å². The van der Waals surface area contributed by atoms with Crippen LogP contribution in [0.3, 0.4) is 0 Å². The highest BCUT2D eigenvalue weighted by Crippen LogP contribution is 2.12. The fraction of sp³-hybridized carbons (Fsp3) is 0.900. The van der Waals surface area contributed by atoms with Crippen molar-refractivity contribution in [1.82, 2.24) is 5.32 Å². The van der Waals surface area contributed by atoms with E-state index in [1.165, 1.54) is 0 Å². The molecule has 2 unspecified atom stereocenters. The Kier molecular flexibility index (Phi) is 4.73. The molecule has 1 fully saturated rings. The van der Waals surface area contributed by atoms with E-state index in [0.717, 1.165) is 0 Å². The molecular weight excluding hydrogens is 230 g/mol. The van der Waals surface area contributed by atoms with Crippen molar-refractivity contribution in [2.45, 2.75) is 38.8 Å². The van der Waals surface area contributed by atoms with Crippen molar-refractivity contribution in [2.75, 3.05) is 18.1 Å². The maximum absolute atomic E-state index is 11.5. The second-order valence-electron chi connectivity index (χ2n) is 3.98. The van der Waals surface area contributed by atoms with E-state index >= 15 is 0 Å². The Morgan fingerprint density at radius 1 is 1.50 bits per heavy atom. The summed E-state index contributed by atoms with van der Waals surface area (Å²) in [5, 5.41) is 3.05. The molecule has 5 nitrogen and oxygen atoms in total. The number of esters is 1. The molecule has 1 saturated heterocycles. The normalized spacial score (nSPS) is 25.2. The van der Waals surface area contributed by atoms with Gasteiger partial charge in [0.05, 0.1) is 18.1 Å². The van der Waals surface area contributed by atoms with Gasteiger partial charge in [-0.3, -0.25) is 4.79 Å². The second kappa shape index (κ2) is 5.63. The van der Waals surface area contributed by atoms with Gasteiger partial charge in [0, 0.05) is 6.04 Å². The summed E-state index contributed by atoms with van der Waals surface area (Å²) in [5.74, 6) is 0.0432. The van der Waals surface area contributed by atoms with Gasteiger partial charge in [0.25, 0.3) is 0 Å². The summed E-state index contributed by atoms with van der Waals surface area (Å²) in [6.45, 7) is 3.97. The molecule has 0 aromatic carbocycles. The lowest BCUT2D eigenvalue weighted by molar-refractivity contribution is -0.145. The molecule has 0 spiro atoms. The monoisotopic (exact) mass is 249 g/mol. The van der Waals surface area contributed by atoms with Crippen LogP contribution in [0.5, 0.6) is 0 Å². The van der Waals surface area contributed by atoms with E-state index in [4.69, 9.17) is 4.74 Å². The van der Waals surface area contributed by atoms with Crippen LogP contribution in [0.2, 0.25) is 0 Å².